The van der Waals surface area contributed by atoms with Gasteiger partial charge in [-0.05, 0) is 0 Å². The number of rotatable bonds is 10. The molecule has 0 aromatic carbocycles. The van der Waals surface area contributed by atoms with Crippen LogP contribution in [0.15, 0.2) is 0 Å². The van der Waals surface area contributed by atoms with Crippen LogP contribution in [0.4, 0.5) is 0 Å². The summed E-state index contributed by atoms with van der Waals surface area (Å²) in [5, 5.41) is 0.470. The Morgan fingerprint density at radius 2 is 1.12 bits per heavy atom. The minimum absolute atomic E-state index is 0.470. The van der Waals surface area contributed by atoms with Crippen LogP contribution in [-0.4, -0.2) is 23.6 Å². The molecular formula is C14H32ClP. The Morgan fingerprint density at radius 1 is 0.812 bits per heavy atom. The van der Waals surface area contributed by atoms with Crippen LogP contribution in [0.2, 0.25) is 0 Å². The zero-order valence-electron chi connectivity index (χ0n) is 11.8. The van der Waals surface area contributed by atoms with Crippen LogP contribution in [0.3, 0.4) is 0 Å². The quantitative estimate of drug-likeness (QED) is 0.350. The molecule has 1 atom stereocenters. The molecule has 2 heteroatoms. The van der Waals surface area contributed by atoms with Crippen molar-refractivity contribution in [2.45, 2.75) is 71.3 Å². The fourth-order valence-electron chi connectivity index (χ4n) is 2.56. The Kier molecular flexibility index (Phi) is 10.2. The summed E-state index contributed by atoms with van der Waals surface area (Å²) in [6, 6.07) is 0. The van der Waals surface area contributed by atoms with Crippen molar-refractivity contribution >= 4 is 18.9 Å². The van der Waals surface area contributed by atoms with Crippen LogP contribution >= 0.6 is 18.9 Å². The first-order chi connectivity index (χ1) is 7.63. The molecule has 0 aliphatic carbocycles. The predicted molar refractivity (Wildman–Crippen MR) is 83.0 cm³/mol. The third-order valence-corrected chi connectivity index (χ3v) is 11.1. The summed E-state index contributed by atoms with van der Waals surface area (Å²) in [6.45, 7) is 9.18. The van der Waals surface area contributed by atoms with Crippen molar-refractivity contribution in [2.24, 2.45) is 0 Å². The number of hydrogen-bond donors (Lipinski definition) is 0. The van der Waals surface area contributed by atoms with Crippen molar-refractivity contribution in [2.75, 3.05) is 18.5 Å². The zero-order chi connectivity index (χ0) is 12.4. The molecule has 0 saturated carbocycles. The summed E-state index contributed by atoms with van der Waals surface area (Å²) in [6.07, 6.45) is 12.6. The predicted octanol–water partition coefficient (Wildman–Crippen LogP) is 5.72. The number of hydrogen-bond acceptors (Lipinski definition) is 0. The summed E-state index contributed by atoms with van der Waals surface area (Å²) in [5.74, 6) is 0. The third kappa shape index (κ3) is 5.87. The van der Waals surface area contributed by atoms with Crippen LogP contribution in [0, 0.1) is 0 Å². The molecule has 0 fully saturated rings. The fourth-order valence-corrected chi connectivity index (χ4v) is 8.66. The molecule has 0 aromatic rings. The summed E-state index contributed by atoms with van der Waals surface area (Å²) in [4.78, 5) is 0. The summed E-state index contributed by atoms with van der Waals surface area (Å²) in [5.41, 5.74) is 0. The molecule has 16 heavy (non-hydrogen) atoms. The third-order valence-electron chi connectivity index (χ3n) is 3.93. The van der Waals surface area contributed by atoms with E-state index in [0.29, 0.717) is 5.12 Å². The zero-order valence-corrected chi connectivity index (χ0v) is 13.6. The van der Waals surface area contributed by atoms with Crippen molar-refractivity contribution in [1.29, 1.82) is 0 Å². The molecule has 0 saturated heterocycles. The summed E-state index contributed by atoms with van der Waals surface area (Å²) in [7, 11) is -1.17. The molecule has 0 heterocycles. The molecule has 0 bridgehead atoms. The van der Waals surface area contributed by atoms with E-state index in [9.17, 15) is 0 Å². The Labute approximate surface area is 109 Å². The van der Waals surface area contributed by atoms with E-state index in [4.69, 9.17) is 11.6 Å². The standard InChI is InChI=1S/C14H32ClP/c1-5-8-11-16(14(4)15,12-9-6-2)13-10-7-3/h14,16H,5-13H2,1-4H3. The average molecular weight is 267 g/mol. The van der Waals surface area contributed by atoms with Gasteiger partial charge in [-0.1, -0.05) is 0 Å². The van der Waals surface area contributed by atoms with Crippen LogP contribution in [0.1, 0.15) is 66.2 Å². The van der Waals surface area contributed by atoms with Crippen molar-refractivity contribution in [1.82, 2.24) is 0 Å². The fraction of sp³-hybridized carbons (Fsp3) is 1.00. The van der Waals surface area contributed by atoms with Gasteiger partial charge in [-0.15, -0.1) is 0 Å². The van der Waals surface area contributed by atoms with Gasteiger partial charge in [0.2, 0.25) is 0 Å². The number of unbranched alkanes of at least 4 members (excludes halogenated alkanes) is 3. The SMILES string of the molecule is CCCC[PH](CCCC)(CCCC)C(C)Cl. The number of alkyl halides is 1. The molecule has 0 nitrogen and oxygen atoms in total. The first-order valence-electron chi connectivity index (χ1n) is 7.27. The first kappa shape index (κ1) is 16.7. The average Bonchev–Trinajstić information content (AvgIpc) is 2.28. The molecule has 0 N–H and O–H groups in total. The van der Waals surface area contributed by atoms with Gasteiger partial charge in [0, 0.05) is 0 Å². The second kappa shape index (κ2) is 9.72. The van der Waals surface area contributed by atoms with Crippen molar-refractivity contribution in [3.05, 3.63) is 0 Å². The molecule has 0 rings (SSSR count). The molecule has 0 aliphatic heterocycles. The van der Waals surface area contributed by atoms with E-state index in [0.717, 1.165) is 0 Å². The molecule has 0 aromatic heterocycles. The monoisotopic (exact) mass is 266 g/mol. The molecular weight excluding hydrogens is 235 g/mol. The van der Waals surface area contributed by atoms with Crippen LogP contribution < -0.4 is 0 Å². The second-order valence-corrected chi connectivity index (χ2v) is 11.4. The van der Waals surface area contributed by atoms with Crippen molar-refractivity contribution in [3.8, 4) is 0 Å². The summed E-state index contributed by atoms with van der Waals surface area (Å²) >= 11 is 6.57. The van der Waals surface area contributed by atoms with Gasteiger partial charge in [0.05, 0.1) is 0 Å². The van der Waals surface area contributed by atoms with Gasteiger partial charge < -0.3 is 0 Å². The van der Waals surface area contributed by atoms with E-state index < -0.39 is 7.26 Å². The maximum atomic E-state index is 6.57. The van der Waals surface area contributed by atoms with Gasteiger partial charge in [0.1, 0.15) is 0 Å². The van der Waals surface area contributed by atoms with E-state index in [1.54, 1.807) is 0 Å². The van der Waals surface area contributed by atoms with Crippen LogP contribution in [0.25, 0.3) is 0 Å². The van der Waals surface area contributed by atoms with E-state index in [1.165, 1.54) is 57.0 Å². The molecule has 100 valence electrons. The molecule has 0 aliphatic rings. The second-order valence-electron chi connectivity index (χ2n) is 5.29. The van der Waals surface area contributed by atoms with Crippen molar-refractivity contribution < 1.29 is 0 Å². The van der Waals surface area contributed by atoms with Crippen LogP contribution in [-0.2, 0) is 0 Å². The van der Waals surface area contributed by atoms with E-state index >= 15 is 0 Å². The minimum atomic E-state index is -1.17. The Hall–Kier alpha value is 0.720. The Balaban J connectivity index is 4.46. The summed E-state index contributed by atoms with van der Waals surface area (Å²) < 4.78 is 0. The maximum absolute atomic E-state index is 6.57. The first-order valence-corrected chi connectivity index (χ1v) is 10.4. The Morgan fingerprint density at radius 3 is 1.31 bits per heavy atom. The normalized spacial score (nSPS) is 15.1. The molecule has 0 spiro atoms. The van der Waals surface area contributed by atoms with Crippen LogP contribution in [0.5, 0.6) is 0 Å². The van der Waals surface area contributed by atoms with Crippen molar-refractivity contribution in [3.63, 3.8) is 0 Å². The topological polar surface area (TPSA) is 0 Å². The van der Waals surface area contributed by atoms with E-state index in [-0.39, 0.29) is 0 Å². The molecule has 0 amide bonds. The molecule has 1 unspecified atom stereocenters. The van der Waals surface area contributed by atoms with Gasteiger partial charge in [0.15, 0.2) is 0 Å². The van der Waals surface area contributed by atoms with Gasteiger partial charge in [-0.25, -0.2) is 0 Å². The van der Waals surface area contributed by atoms with Gasteiger partial charge in [0.25, 0.3) is 0 Å². The van der Waals surface area contributed by atoms with E-state index in [2.05, 4.69) is 27.7 Å². The van der Waals surface area contributed by atoms with Gasteiger partial charge in [-0.2, -0.15) is 0 Å². The molecule has 0 radical (unpaired) electrons. The number of halogens is 1. The van der Waals surface area contributed by atoms with Gasteiger partial charge >= 0.3 is 109 Å². The van der Waals surface area contributed by atoms with Gasteiger partial charge in [-0.3, -0.25) is 0 Å². The van der Waals surface area contributed by atoms with E-state index in [1.807, 2.05) is 0 Å². The Bertz CT molecular complexity index is 135.